The molecule has 0 unspecified atom stereocenters. The lowest BCUT2D eigenvalue weighted by atomic mass is 10.2. The van der Waals surface area contributed by atoms with E-state index in [1.165, 1.54) is 5.57 Å². The normalized spacial score (nSPS) is 16.1. The number of ether oxygens (including phenoxy) is 1. The lowest BCUT2D eigenvalue weighted by Gasteiger charge is -2.36. The zero-order chi connectivity index (χ0) is 15.1. The quantitative estimate of drug-likeness (QED) is 0.330. The molecule has 19 heavy (non-hydrogen) atoms. The first-order chi connectivity index (χ1) is 8.64. The Morgan fingerprint density at radius 1 is 1.32 bits per heavy atom. The molecule has 0 aliphatic carbocycles. The summed E-state index contributed by atoms with van der Waals surface area (Å²) < 4.78 is 13.7. The summed E-state index contributed by atoms with van der Waals surface area (Å²) in [6, 6.07) is 0. The van der Waals surface area contributed by atoms with Crippen LogP contribution in [0.1, 0.15) is 34.1 Å². The third kappa shape index (κ3) is 7.63. The molecule has 1 atom stereocenters. The van der Waals surface area contributed by atoms with E-state index in [0.717, 1.165) is 13.0 Å². The van der Waals surface area contributed by atoms with Gasteiger partial charge in [0.1, 0.15) is 0 Å². The number of hydrogen-bond acceptors (Lipinski definition) is 2. The highest BCUT2D eigenvalue weighted by molar-refractivity contribution is 14.1. The molecule has 0 saturated heterocycles. The summed E-state index contributed by atoms with van der Waals surface area (Å²) >= 11 is 2.25. The lowest BCUT2D eigenvalue weighted by Crippen LogP contribution is -2.41. The Labute approximate surface area is 133 Å². The molecule has 0 aromatic carbocycles. The summed E-state index contributed by atoms with van der Waals surface area (Å²) in [7, 11) is 0.126. The van der Waals surface area contributed by atoms with Crippen molar-refractivity contribution in [2.24, 2.45) is 0 Å². The Bertz CT molecular complexity index is 317. The van der Waals surface area contributed by atoms with Crippen LogP contribution in [-0.2, 0) is 9.16 Å². The third-order valence-electron chi connectivity index (χ3n) is 3.72. The zero-order valence-electron chi connectivity index (χ0n) is 13.4. The van der Waals surface area contributed by atoms with Crippen molar-refractivity contribution in [2.75, 3.05) is 13.7 Å². The minimum absolute atomic E-state index is 0.135. The molecule has 0 saturated carbocycles. The summed E-state index contributed by atoms with van der Waals surface area (Å²) in [5.41, 5.74) is 1.24. The van der Waals surface area contributed by atoms with E-state index in [0.29, 0.717) is 0 Å². The molecule has 0 spiro atoms. The molecule has 0 heterocycles. The van der Waals surface area contributed by atoms with E-state index in [2.05, 4.69) is 79.6 Å². The van der Waals surface area contributed by atoms with Crippen LogP contribution in [0.5, 0.6) is 0 Å². The molecule has 0 aliphatic heterocycles. The van der Waals surface area contributed by atoms with Gasteiger partial charge in [0, 0.05) is 13.7 Å². The number of methoxy groups -OCH3 is 1. The molecule has 0 rings (SSSR count). The Kier molecular flexibility index (Phi) is 8.75. The van der Waals surface area contributed by atoms with Gasteiger partial charge in [-0.05, 0) is 41.1 Å². The Morgan fingerprint density at radius 2 is 1.89 bits per heavy atom. The van der Waals surface area contributed by atoms with E-state index >= 15 is 0 Å². The van der Waals surface area contributed by atoms with E-state index in [9.17, 15) is 0 Å². The van der Waals surface area contributed by atoms with E-state index in [1.54, 1.807) is 7.11 Å². The Hall–Kier alpha value is 0.347. The summed E-state index contributed by atoms with van der Waals surface area (Å²) in [5.74, 6) is 0. The first-order valence-electron chi connectivity index (χ1n) is 6.76. The van der Waals surface area contributed by atoms with Crippen molar-refractivity contribution in [1.29, 1.82) is 0 Å². The van der Waals surface area contributed by atoms with Crippen LogP contribution in [-0.4, -0.2) is 28.1 Å². The monoisotopic (exact) mass is 396 g/mol. The van der Waals surface area contributed by atoms with Gasteiger partial charge in [0.25, 0.3) is 0 Å². The predicted molar refractivity (Wildman–Crippen MR) is 95.5 cm³/mol. The number of allylic oxidation sites excluding steroid dienone is 2. The van der Waals surface area contributed by atoms with Gasteiger partial charge in [0.05, 0.1) is 6.10 Å². The fraction of sp³-hybridized carbons (Fsp3) is 0.733. The van der Waals surface area contributed by atoms with Crippen LogP contribution in [0.3, 0.4) is 0 Å². The van der Waals surface area contributed by atoms with Gasteiger partial charge in [-0.1, -0.05) is 55.5 Å². The van der Waals surface area contributed by atoms with E-state index < -0.39 is 8.32 Å². The standard InChI is InChI=1S/C15H29IO2Si/c1-13(12-16)8-9-14(17-5)10-11-18-19(6,7)15(2,3)4/h8-9,12,14H,10-11H2,1-7H3/b9-8+,13-12+/t14-/m0/s1. The molecule has 0 bridgehead atoms. The summed E-state index contributed by atoms with van der Waals surface area (Å²) in [6.45, 7) is 14.2. The lowest BCUT2D eigenvalue weighted by molar-refractivity contribution is 0.114. The molecule has 4 heteroatoms. The summed E-state index contributed by atoms with van der Waals surface area (Å²) in [5, 5.41) is 0.270. The minimum atomic E-state index is -1.63. The van der Waals surface area contributed by atoms with Crippen LogP contribution in [0, 0.1) is 0 Å². The zero-order valence-corrected chi connectivity index (χ0v) is 16.6. The maximum Gasteiger partial charge on any atom is 0.191 e. The highest BCUT2D eigenvalue weighted by atomic mass is 127. The van der Waals surface area contributed by atoms with E-state index in [4.69, 9.17) is 9.16 Å². The van der Waals surface area contributed by atoms with Crippen molar-refractivity contribution in [3.63, 3.8) is 0 Å². The number of hydrogen-bond donors (Lipinski definition) is 0. The molecule has 0 fully saturated rings. The Morgan fingerprint density at radius 3 is 2.32 bits per heavy atom. The maximum absolute atomic E-state index is 6.17. The molecular weight excluding hydrogens is 367 g/mol. The fourth-order valence-corrected chi connectivity index (χ4v) is 2.50. The van der Waals surface area contributed by atoms with Crippen LogP contribution in [0.15, 0.2) is 21.8 Å². The van der Waals surface area contributed by atoms with Crippen LogP contribution in [0.25, 0.3) is 0 Å². The molecular formula is C15H29IO2Si. The van der Waals surface area contributed by atoms with Crippen molar-refractivity contribution in [1.82, 2.24) is 0 Å². The van der Waals surface area contributed by atoms with Crippen molar-refractivity contribution in [3.8, 4) is 0 Å². The third-order valence-corrected chi connectivity index (χ3v) is 9.24. The fourth-order valence-electron chi connectivity index (χ4n) is 1.23. The highest BCUT2D eigenvalue weighted by Gasteiger charge is 2.36. The van der Waals surface area contributed by atoms with E-state index in [-0.39, 0.29) is 11.1 Å². The number of halogens is 1. The second-order valence-electron chi connectivity index (χ2n) is 6.38. The van der Waals surface area contributed by atoms with Gasteiger partial charge >= 0.3 is 0 Å². The average molecular weight is 396 g/mol. The molecule has 112 valence electrons. The van der Waals surface area contributed by atoms with E-state index in [1.807, 2.05) is 0 Å². The number of rotatable bonds is 7. The van der Waals surface area contributed by atoms with Crippen molar-refractivity contribution in [2.45, 2.75) is 58.4 Å². The largest absolute Gasteiger partial charge is 0.417 e. The van der Waals surface area contributed by atoms with Crippen molar-refractivity contribution >= 4 is 30.9 Å². The first-order valence-corrected chi connectivity index (χ1v) is 10.9. The molecule has 0 aliphatic rings. The van der Waals surface area contributed by atoms with Crippen LogP contribution >= 0.6 is 22.6 Å². The van der Waals surface area contributed by atoms with Gasteiger partial charge in [-0.3, -0.25) is 0 Å². The predicted octanol–water partition coefficient (Wildman–Crippen LogP) is 5.31. The molecule has 2 nitrogen and oxygen atoms in total. The smallest absolute Gasteiger partial charge is 0.191 e. The summed E-state index contributed by atoms with van der Waals surface area (Å²) in [6.07, 6.45) is 5.26. The summed E-state index contributed by atoms with van der Waals surface area (Å²) in [4.78, 5) is 0. The van der Waals surface area contributed by atoms with Gasteiger partial charge in [-0.25, -0.2) is 0 Å². The first kappa shape index (κ1) is 19.3. The molecule has 0 aromatic rings. The van der Waals surface area contributed by atoms with Crippen LogP contribution in [0.2, 0.25) is 18.1 Å². The second kappa shape index (κ2) is 8.59. The van der Waals surface area contributed by atoms with Crippen LogP contribution in [0.4, 0.5) is 0 Å². The van der Waals surface area contributed by atoms with Gasteiger partial charge in [0.2, 0.25) is 0 Å². The molecule has 0 N–H and O–H groups in total. The van der Waals surface area contributed by atoms with Crippen molar-refractivity contribution in [3.05, 3.63) is 21.8 Å². The second-order valence-corrected chi connectivity index (χ2v) is 11.8. The van der Waals surface area contributed by atoms with Crippen LogP contribution < -0.4 is 0 Å². The van der Waals surface area contributed by atoms with Crippen molar-refractivity contribution < 1.29 is 9.16 Å². The molecule has 0 radical (unpaired) electrons. The van der Waals surface area contributed by atoms with Gasteiger partial charge < -0.3 is 9.16 Å². The minimum Gasteiger partial charge on any atom is -0.417 e. The van der Waals surface area contributed by atoms with Gasteiger partial charge in [0.15, 0.2) is 8.32 Å². The van der Waals surface area contributed by atoms with Gasteiger partial charge in [-0.2, -0.15) is 0 Å². The van der Waals surface area contributed by atoms with Gasteiger partial charge in [-0.15, -0.1) is 0 Å². The highest BCUT2D eigenvalue weighted by Crippen LogP contribution is 2.36. The average Bonchev–Trinajstić information content (AvgIpc) is 2.31. The molecule has 0 amide bonds. The SMILES string of the molecule is CO[C@@H](/C=C/C(C)=C/I)CCO[Si](C)(C)C(C)(C)C. The Balaban J connectivity index is 4.28. The topological polar surface area (TPSA) is 18.5 Å². The maximum atomic E-state index is 6.17. The molecule has 0 aromatic heterocycles.